The van der Waals surface area contributed by atoms with Crippen molar-refractivity contribution in [2.24, 2.45) is 0 Å². The minimum atomic E-state index is -0.338. The number of ether oxygens (including phenoxy) is 1. The highest BCUT2D eigenvalue weighted by Crippen LogP contribution is 2.27. The summed E-state index contributed by atoms with van der Waals surface area (Å²) in [7, 11) is 1.50. The quantitative estimate of drug-likeness (QED) is 0.895. The fraction of sp³-hybridized carbons (Fsp3) is 0.143. The van der Waals surface area contributed by atoms with Crippen LogP contribution in [0, 0.1) is 5.82 Å². The van der Waals surface area contributed by atoms with Crippen LogP contribution in [0.4, 0.5) is 10.1 Å². The summed E-state index contributed by atoms with van der Waals surface area (Å²) in [6.07, 6.45) is 0. The molecule has 0 aliphatic rings. The van der Waals surface area contributed by atoms with Crippen LogP contribution in [-0.2, 0) is 6.54 Å². The van der Waals surface area contributed by atoms with Crippen LogP contribution in [0.3, 0.4) is 0 Å². The molecule has 0 atom stereocenters. The van der Waals surface area contributed by atoms with Crippen LogP contribution >= 0.6 is 15.9 Å². The zero-order valence-corrected chi connectivity index (χ0v) is 11.9. The number of hydrogen-bond donors (Lipinski definition) is 2. The highest BCUT2D eigenvalue weighted by atomic mass is 79.9. The van der Waals surface area contributed by atoms with Crippen molar-refractivity contribution in [2.45, 2.75) is 6.54 Å². The van der Waals surface area contributed by atoms with Crippen molar-refractivity contribution in [3.8, 4) is 11.5 Å². The van der Waals surface area contributed by atoms with Gasteiger partial charge in [0.05, 0.1) is 17.3 Å². The lowest BCUT2D eigenvalue weighted by Gasteiger charge is -2.11. The van der Waals surface area contributed by atoms with Gasteiger partial charge in [-0.15, -0.1) is 0 Å². The average Bonchev–Trinajstić information content (AvgIpc) is 2.41. The number of aromatic hydroxyl groups is 1. The lowest BCUT2D eigenvalue weighted by Crippen LogP contribution is -2.01. The standard InChI is InChI=1S/C14H13BrFNO2/c1-19-14-7-10(16)3-4-12(14)17-8-9-2-5-13(18)11(15)6-9/h2-7,17-18H,8H2,1H3. The van der Waals surface area contributed by atoms with E-state index < -0.39 is 0 Å². The van der Waals surface area contributed by atoms with Gasteiger partial charge in [0.1, 0.15) is 17.3 Å². The third-order valence-electron chi connectivity index (χ3n) is 2.66. The van der Waals surface area contributed by atoms with E-state index >= 15 is 0 Å². The Hall–Kier alpha value is -1.75. The largest absolute Gasteiger partial charge is 0.507 e. The third-order valence-corrected chi connectivity index (χ3v) is 3.29. The first-order valence-electron chi connectivity index (χ1n) is 5.65. The van der Waals surface area contributed by atoms with Crippen molar-refractivity contribution in [3.05, 3.63) is 52.3 Å². The van der Waals surface area contributed by atoms with Gasteiger partial charge in [-0.05, 0) is 45.8 Å². The van der Waals surface area contributed by atoms with Crippen LogP contribution in [0.15, 0.2) is 40.9 Å². The van der Waals surface area contributed by atoms with E-state index in [4.69, 9.17) is 4.74 Å². The molecule has 0 unspecified atom stereocenters. The fourth-order valence-corrected chi connectivity index (χ4v) is 2.09. The van der Waals surface area contributed by atoms with Crippen LogP contribution in [0.2, 0.25) is 0 Å². The number of phenols is 1. The maximum Gasteiger partial charge on any atom is 0.144 e. The summed E-state index contributed by atoms with van der Waals surface area (Å²) in [6, 6.07) is 9.57. The normalized spacial score (nSPS) is 10.3. The molecule has 0 aromatic heterocycles. The number of rotatable bonds is 4. The number of benzene rings is 2. The molecule has 5 heteroatoms. The molecule has 100 valence electrons. The molecule has 2 rings (SSSR count). The molecule has 0 radical (unpaired) electrons. The van der Waals surface area contributed by atoms with Crippen molar-refractivity contribution in [2.75, 3.05) is 12.4 Å². The second-order valence-corrected chi connectivity index (χ2v) is 4.84. The van der Waals surface area contributed by atoms with E-state index in [-0.39, 0.29) is 11.6 Å². The van der Waals surface area contributed by atoms with E-state index in [2.05, 4.69) is 21.2 Å². The Morgan fingerprint density at radius 2 is 2.05 bits per heavy atom. The first-order valence-corrected chi connectivity index (χ1v) is 6.44. The molecule has 2 aromatic rings. The van der Waals surface area contributed by atoms with E-state index in [1.807, 2.05) is 12.1 Å². The number of methoxy groups -OCH3 is 1. The molecule has 0 bridgehead atoms. The Kier molecular flexibility index (Phi) is 4.27. The zero-order chi connectivity index (χ0) is 13.8. The maximum absolute atomic E-state index is 13.1. The summed E-state index contributed by atoms with van der Waals surface area (Å²) >= 11 is 3.26. The van der Waals surface area contributed by atoms with E-state index in [0.717, 1.165) is 5.56 Å². The molecule has 3 nitrogen and oxygen atoms in total. The number of anilines is 1. The Balaban J connectivity index is 2.12. The van der Waals surface area contributed by atoms with Crippen LogP contribution in [0.1, 0.15) is 5.56 Å². The van der Waals surface area contributed by atoms with Crippen molar-refractivity contribution < 1.29 is 14.2 Å². The summed E-state index contributed by atoms with van der Waals surface area (Å²) in [5.41, 5.74) is 1.70. The monoisotopic (exact) mass is 325 g/mol. The molecule has 0 spiro atoms. The lowest BCUT2D eigenvalue weighted by molar-refractivity contribution is 0.413. The molecule has 19 heavy (non-hydrogen) atoms. The number of halogens is 2. The van der Waals surface area contributed by atoms with Gasteiger partial charge in [-0.1, -0.05) is 6.07 Å². The molecule has 2 N–H and O–H groups in total. The van der Waals surface area contributed by atoms with Gasteiger partial charge in [-0.3, -0.25) is 0 Å². The third kappa shape index (κ3) is 3.38. The summed E-state index contributed by atoms with van der Waals surface area (Å²) in [5.74, 6) is 0.315. The predicted octanol–water partition coefficient (Wildman–Crippen LogP) is 3.91. The smallest absolute Gasteiger partial charge is 0.144 e. The minimum Gasteiger partial charge on any atom is -0.507 e. The SMILES string of the molecule is COc1cc(F)ccc1NCc1ccc(O)c(Br)c1. The van der Waals surface area contributed by atoms with Crippen molar-refractivity contribution in [3.63, 3.8) is 0 Å². The van der Waals surface area contributed by atoms with Gasteiger partial charge in [0.2, 0.25) is 0 Å². The van der Waals surface area contributed by atoms with Crippen molar-refractivity contribution in [1.82, 2.24) is 0 Å². The molecular formula is C14H13BrFNO2. The Morgan fingerprint density at radius 1 is 1.26 bits per heavy atom. The van der Waals surface area contributed by atoms with E-state index in [9.17, 15) is 9.50 Å². The van der Waals surface area contributed by atoms with Gasteiger partial charge in [0, 0.05) is 12.6 Å². The highest BCUT2D eigenvalue weighted by molar-refractivity contribution is 9.10. The Bertz CT molecular complexity index is 590. The highest BCUT2D eigenvalue weighted by Gasteiger charge is 2.05. The van der Waals surface area contributed by atoms with Crippen LogP contribution in [-0.4, -0.2) is 12.2 Å². The van der Waals surface area contributed by atoms with Crippen LogP contribution in [0.25, 0.3) is 0 Å². The van der Waals surface area contributed by atoms with Gasteiger partial charge in [-0.25, -0.2) is 4.39 Å². The number of phenolic OH excluding ortho intramolecular Hbond substituents is 1. The Morgan fingerprint density at radius 3 is 2.74 bits per heavy atom. The average molecular weight is 326 g/mol. The van der Waals surface area contributed by atoms with Crippen molar-refractivity contribution >= 4 is 21.6 Å². The van der Waals surface area contributed by atoms with Gasteiger partial charge in [0.15, 0.2) is 0 Å². The molecule has 0 amide bonds. The Labute approximate surface area is 119 Å². The zero-order valence-electron chi connectivity index (χ0n) is 10.3. The molecule has 0 saturated heterocycles. The van der Waals surface area contributed by atoms with Crippen molar-refractivity contribution in [1.29, 1.82) is 0 Å². The second-order valence-electron chi connectivity index (χ2n) is 3.98. The van der Waals surface area contributed by atoms with Gasteiger partial charge in [0.25, 0.3) is 0 Å². The summed E-state index contributed by atoms with van der Waals surface area (Å²) < 4.78 is 18.8. The molecule has 0 fully saturated rings. The van der Waals surface area contributed by atoms with Gasteiger partial charge < -0.3 is 15.2 Å². The molecule has 0 heterocycles. The van der Waals surface area contributed by atoms with E-state index in [1.165, 1.54) is 19.2 Å². The predicted molar refractivity (Wildman–Crippen MR) is 76.1 cm³/mol. The first kappa shape index (κ1) is 13.7. The van der Waals surface area contributed by atoms with Gasteiger partial charge in [-0.2, -0.15) is 0 Å². The molecule has 0 aliphatic carbocycles. The maximum atomic E-state index is 13.1. The van der Waals surface area contributed by atoms with Crippen LogP contribution in [0.5, 0.6) is 11.5 Å². The molecule has 0 aliphatic heterocycles. The topological polar surface area (TPSA) is 41.5 Å². The van der Waals surface area contributed by atoms with E-state index in [1.54, 1.807) is 12.1 Å². The summed E-state index contributed by atoms with van der Waals surface area (Å²) in [6.45, 7) is 0.543. The fourth-order valence-electron chi connectivity index (χ4n) is 1.67. The first-order chi connectivity index (χ1) is 9.10. The lowest BCUT2D eigenvalue weighted by atomic mass is 10.2. The minimum absolute atomic E-state index is 0.197. The number of hydrogen-bond acceptors (Lipinski definition) is 3. The molecular weight excluding hydrogens is 313 g/mol. The van der Waals surface area contributed by atoms with Crippen LogP contribution < -0.4 is 10.1 Å². The summed E-state index contributed by atoms with van der Waals surface area (Å²) in [5, 5.41) is 12.6. The second kappa shape index (κ2) is 5.93. The number of nitrogens with one attached hydrogen (secondary N) is 1. The summed E-state index contributed by atoms with van der Waals surface area (Å²) in [4.78, 5) is 0. The molecule has 0 saturated carbocycles. The molecule has 2 aromatic carbocycles. The van der Waals surface area contributed by atoms with E-state index in [0.29, 0.717) is 22.5 Å². The van der Waals surface area contributed by atoms with Gasteiger partial charge >= 0.3 is 0 Å².